The molecule has 0 radical (unpaired) electrons. The maximum atomic E-state index is 12.1. The largest absolute Gasteiger partial charge is 0.402 e. The van der Waals surface area contributed by atoms with Gasteiger partial charge in [-0.3, -0.25) is 11.3 Å². The summed E-state index contributed by atoms with van der Waals surface area (Å²) in [6, 6.07) is -2.07. The van der Waals surface area contributed by atoms with Crippen molar-refractivity contribution in [2.45, 2.75) is 24.8 Å². The molecule has 0 aromatic carbocycles. The van der Waals surface area contributed by atoms with E-state index >= 15 is 0 Å². The zero-order chi connectivity index (χ0) is 12.3. The average Bonchev–Trinajstić information content (AvgIpc) is 1.98. The number of halogens is 6. The smallest absolute Gasteiger partial charge is 0.271 e. The molecule has 0 amide bonds. The van der Waals surface area contributed by atoms with E-state index in [1.807, 2.05) is 0 Å². The van der Waals surface area contributed by atoms with E-state index in [0.717, 1.165) is 0 Å². The third-order valence-electron chi connectivity index (χ3n) is 1.66. The van der Waals surface area contributed by atoms with Crippen molar-refractivity contribution >= 4 is 0 Å². The molecular formula is C7H8F6N2. The molecule has 2 nitrogen and oxygen atoms in total. The van der Waals surface area contributed by atoms with Crippen LogP contribution >= 0.6 is 0 Å². The summed E-state index contributed by atoms with van der Waals surface area (Å²) in [5.41, 5.74) is 1.43. The number of hydrazine groups is 1. The number of nitrogens with two attached hydrogens (primary N) is 1. The predicted molar refractivity (Wildman–Crippen MR) is 40.2 cm³/mol. The summed E-state index contributed by atoms with van der Waals surface area (Å²) < 4.78 is 72.6. The van der Waals surface area contributed by atoms with E-state index in [1.165, 1.54) is 5.43 Å². The van der Waals surface area contributed by atoms with Gasteiger partial charge in [-0.15, -0.1) is 12.3 Å². The van der Waals surface area contributed by atoms with Gasteiger partial charge < -0.3 is 0 Å². The summed E-state index contributed by atoms with van der Waals surface area (Å²) in [5, 5.41) is 0. The third kappa shape index (κ3) is 3.97. The van der Waals surface area contributed by atoms with E-state index in [4.69, 9.17) is 0 Å². The van der Waals surface area contributed by atoms with Crippen LogP contribution < -0.4 is 11.3 Å². The molecule has 0 bridgehead atoms. The van der Waals surface area contributed by atoms with Crippen LogP contribution in [0.4, 0.5) is 26.3 Å². The van der Waals surface area contributed by atoms with Gasteiger partial charge in [0.1, 0.15) is 0 Å². The second-order valence-corrected chi connectivity index (χ2v) is 2.74. The van der Waals surface area contributed by atoms with Crippen LogP contribution in [-0.4, -0.2) is 18.4 Å². The molecule has 0 aromatic heterocycles. The summed E-state index contributed by atoms with van der Waals surface area (Å²) in [6.45, 7) is 0. The standard InChI is InChI=1S/C7H8F6N2/c1-2-3-4(15-14)5(6(8,9)10)7(11,12)13/h1,4-5,15H,3,14H2. The quantitative estimate of drug-likeness (QED) is 0.337. The summed E-state index contributed by atoms with van der Waals surface area (Å²) >= 11 is 0. The lowest BCUT2D eigenvalue weighted by Gasteiger charge is -2.28. The van der Waals surface area contributed by atoms with Crippen LogP contribution in [0.1, 0.15) is 6.42 Å². The van der Waals surface area contributed by atoms with Gasteiger partial charge in [-0.25, -0.2) is 0 Å². The van der Waals surface area contributed by atoms with E-state index in [0.29, 0.717) is 0 Å². The van der Waals surface area contributed by atoms with Gasteiger partial charge >= 0.3 is 12.4 Å². The van der Waals surface area contributed by atoms with E-state index in [9.17, 15) is 26.3 Å². The van der Waals surface area contributed by atoms with Gasteiger partial charge in [0.2, 0.25) is 0 Å². The minimum Gasteiger partial charge on any atom is -0.271 e. The normalized spacial score (nSPS) is 15.1. The highest BCUT2D eigenvalue weighted by atomic mass is 19.4. The first-order chi connectivity index (χ1) is 6.64. The van der Waals surface area contributed by atoms with Crippen LogP contribution in [0.3, 0.4) is 0 Å². The van der Waals surface area contributed by atoms with Crippen LogP contribution in [0, 0.1) is 18.3 Å². The van der Waals surface area contributed by atoms with Gasteiger partial charge in [-0.1, -0.05) is 0 Å². The second-order valence-electron chi connectivity index (χ2n) is 2.74. The summed E-state index contributed by atoms with van der Waals surface area (Å²) in [6.07, 6.45) is -6.99. The molecule has 0 aliphatic heterocycles. The Morgan fingerprint density at radius 1 is 1.13 bits per heavy atom. The summed E-state index contributed by atoms with van der Waals surface area (Å²) in [7, 11) is 0. The molecule has 88 valence electrons. The van der Waals surface area contributed by atoms with Gasteiger partial charge in [0, 0.05) is 6.42 Å². The van der Waals surface area contributed by atoms with Crippen LogP contribution in [0.5, 0.6) is 0 Å². The van der Waals surface area contributed by atoms with Gasteiger partial charge in [0.25, 0.3) is 0 Å². The molecule has 0 aliphatic carbocycles. The number of hydrogen-bond acceptors (Lipinski definition) is 2. The maximum absolute atomic E-state index is 12.1. The van der Waals surface area contributed by atoms with Crippen molar-refractivity contribution in [2.24, 2.45) is 11.8 Å². The van der Waals surface area contributed by atoms with Gasteiger partial charge in [-0.2, -0.15) is 26.3 Å². The highest BCUT2D eigenvalue weighted by Gasteiger charge is 2.59. The Bertz CT molecular complexity index is 223. The van der Waals surface area contributed by atoms with Crippen molar-refractivity contribution in [1.82, 2.24) is 5.43 Å². The molecule has 8 heteroatoms. The molecule has 1 atom stereocenters. The molecular weight excluding hydrogens is 226 g/mol. The predicted octanol–water partition coefficient (Wildman–Crippen LogP) is 1.58. The lowest BCUT2D eigenvalue weighted by Crippen LogP contribution is -2.52. The monoisotopic (exact) mass is 234 g/mol. The fourth-order valence-electron chi connectivity index (χ4n) is 1.04. The Labute approximate surface area is 81.8 Å². The zero-order valence-electron chi connectivity index (χ0n) is 7.28. The molecule has 0 fully saturated rings. The number of nitrogens with one attached hydrogen (secondary N) is 1. The first-order valence-corrected chi connectivity index (χ1v) is 3.67. The number of alkyl halides is 6. The highest BCUT2D eigenvalue weighted by molar-refractivity contribution is 4.95. The highest BCUT2D eigenvalue weighted by Crippen LogP contribution is 2.41. The van der Waals surface area contributed by atoms with Crippen molar-refractivity contribution in [3.8, 4) is 12.3 Å². The van der Waals surface area contributed by atoms with E-state index < -0.39 is 30.7 Å². The van der Waals surface area contributed by atoms with Crippen LogP contribution in [-0.2, 0) is 0 Å². The summed E-state index contributed by atoms with van der Waals surface area (Å²) in [5.74, 6) is 2.74. The van der Waals surface area contributed by atoms with E-state index in [1.54, 1.807) is 5.92 Å². The van der Waals surface area contributed by atoms with Crippen molar-refractivity contribution < 1.29 is 26.3 Å². The molecule has 0 aliphatic rings. The molecule has 0 heterocycles. The second kappa shape index (κ2) is 4.72. The molecule has 0 saturated carbocycles. The maximum Gasteiger partial charge on any atom is 0.402 e. The van der Waals surface area contributed by atoms with Gasteiger partial charge in [0.05, 0.1) is 6.04 Å². The summed E-state index contributed by atoms with van der Waals surface area (Å²) in [4.78, 5) is 0. The van der Waals surface area contributed by atoms with Gasteiger partial charge in [-0.05, 0) is 0 Å². The Morgan fingerprint density at radius 3 is 1.73 bits per heavy atom. The lowest BCUT2D eigenvalue weighted by molar-refractivity contribution is -0.291. The Hall–Kier alpha value is -0.940. The zero-order valence-corrected chi connectivity index (χ0v) is 7.28. The molecule has 0 saturated heterocycles. The number of hydrogen-bond donors (Lipinski definition) is 2. The number of terminal acetylenes is 1. The molecule has 15 heavy (non-hydrogen) atoms. The SMILES string of the molecule is C#CCC(NN)C(C(F)(F)F)C(F)(F)F. The van der Waals surface area contributed by atoms with Crippen LogP contribution in [0.15, 0.2) is 0 Å². The van der Waals surface area contributed by atoms with E-state index in [2.05, 4.69) is 12.3 Å². The third-order valence-corrected chi connectivity index (χ3v) is 1.66. The molecule has 0 rings (SSSR count). The Morgan fingerprint density at radius 2 is 1.53 bits per heavy atom. The fourth-order valence-corrected chi connectivity index (χ4v) is 1.04. The minimum atomic E-state index is -5.44. The molecule has 1 unspecified atom stereocenters. The van der Waals surface area contributed by atoms with Crippen molar-refractivity contribution in [1.29, 1.82) is 0 Å². The fraction of sp³-hybridized carbons (Fsp3) is 0.714. The van der Waals surface area contributed by atoms with E-state index in [-0.39, 0.29) is 0 Å². The van der Waals surface area contributed by atoms with Gasteiger partial charge in [0.15, 0.2) is 5.92 Å². The lowest BCUT2D eigenvalue weighted by atomic mass is 9.96. The van der Waals surface area contributed by atoms with Crippen LogP contribution in [0.25, 0.3) is 0 Å². The molecule has 0 spiro atoms. The van der Waals surface area contributed by atoms with Crippen molar-refractivity contribution in [3.05, 3.63) is 0 Å². The topological polar surface area (TPSA) is 38.0 Å². The Balaban J connectivity index is 5.02. The van der Waals surface area contributed by atoms with Crippen molar-refractivity contribution in [2.75, 3.05) is 0 Å². The number of rotatable bonds is 3. The minimum absolute atomic E-state index is 0.764. The molecule has 3 N–H and O–H groups in total. The van der Waals surface area contributed by atoms with Crippen molar-refractivity contribution in [3.63, 3.8) is 0 Å². The Kier molecular flexibility index (Phi) is 4.42. The van der Waals surface area contributed by atoms with Crippen LogP contribution in [0.2, 0.25) is 0 Å². The first-order valence-electron chi connectivity index (χ1n) is 3.67. The first kappa shape index (κ1) is 14.1. The average molecular weight is 234 g/mol. The molecule has 0 aromatic rings.